The Labute approximate surface area is 158 Å². The fraction of sp³-hybridized carbons (Fsp3) is 0.444. The Morgan fingerprint density at radius 3 is 2.74 bits per heavy atom. The number of aliphatic hydroxyl groups is 1. The van der Waals surface area contributed by atoms with Gasteiger partial charge in [-0.1, -0.05) is 6.07 Å². The summed E-state index contributed by atoms with van der Waals surface area (Å²) in [6, 6.07) is 7.09. The van der Waals surface area contributed by atoms with Crippen molar-refractivity contribution in [1.29, 1.82) is 0 Å². The van der Waals surface area contributed by atoms with Crippen molar-refractivity contribution in [3.63, 3.8) is 0 Å². The van der Waals surface area contributed by atoms with Crippen molar-refractivity contribution in [1.82, 2.24) is 9.97 Å². The Morgan fingerprint density at radius 1 is 1.22 bits per heavy atom. The van der Waals surface area contributed by atoms with E-state index in [2.05, 4.69) is 20.2 Å². The van der Waals surface area contributed by atoms with E-state index in [0.29, 0.717) is 25.0 Å². The highest BCUT2D eigenvalue weighted by Crippen LogP contribution is 2.40. The van der Waals surface area contributed by atoms with Gasteiger partial charge >= 0.3 is 0 Å². The molecule has 2 aromatic rings. The third-order valence-corrected chi connectivity index (χ3v) is 5.88. The van der Waals surface area contributed by atoms with Gasteiger partial charge in [-0.25, -0.2) is 18.5 Å². The molecule has 0 bridgehead atoms. The normalized spacial score (nSPS) is 16.9. The van der Waals surface area contributed by atoms with Gasteiger partial charge in [0.15, 0.2) is 0 Å². The summed E-state index contributed by atoms with van der Waals surface area (Å²) in [4.78, 5) is 11.4. The van der Waals surface area contributed by atoms with Crippen molar-refractivity contribution in [3.8, 4) is 0 Å². The first-order valence-electron chi connectivity index (χ1n) is 9.07. The highest BCUT2D eigenvalue weighted by atomic mass is 32.2. The van der Waals surface area contributed by atoms with Crippen LogP contribution in [0.1, 0.15) is 35.6 Å². The van der Waals surface area contributed by atoms with E-state index in [0.717, 1.165) is 48.4 Å². The zero-order valence-electron chi connectivity index (χ0n) is 14.9. The molecule has 0 amide bonds. The molecule has 8 nitrogen and oxygen atoms in total. The topological polar surface area (TPSA) is 121 Å². The number of primary sulfonamides is 1. The molecule has 27 heavy (non-hydrogen) atoms. The molecule has 0 atom stereocenters. The second-order valence-electron chi connectivity index (χ2n) is 7.05. The minimum Gasteiger partial charge on any atom is -0.395 e. The molecule has 1 fully saturated rings. The summed E-state index contributed by atoms with van der Waals surface area (Å²) in [5.41, 5.74) is 3.10. The number of nitrogens with two attached hydrogens (primary N) is 1. The molecule has 1 saturated carbocycles. The van der Waals surface area contributed by atoms with Crippen LogP contribution in [0.25, 0.3) is 0 Å². The Bertz CT molecular complexity index is 959. The van der Waals surface area contributed by atoms with Crippen LogP contribution < -0.4 is 15.4 Å². The van der Waals surface area contributed by atoms with E-state index in [4.69, 9.17) is 10.2 Å². The Balaban J connectivity index is 1.63. The van der Waals surface area contributed by atoms with Gasteiger partial charge in [0.25, 0.3) is 0 Å². The number of anilines is 2. The van der Waals surface area contributed by atoms with Crippen LogP contribution in [0, 0.1) is 0 Å². The third-order valence-electron chi connectivity index (χ3n) is 4.97. The van der Waals surface area contributed by atoms with Crippen LogP contribution in [-0.2, 0) is 23.0 Å². The molecule has 0 saturated heterocycles. The number of nitrogens with one attached hydrogen (secondary N) is 1. The summed E-state index contributed by atoms with van der Waals surface area (Å²) in [7, 11) is -3.72. The second-order valence-corrected chi connectivity index (χ2v) is 8.61. The number of nitrogens with zero attached hydrogens (tertiary/aromatic N) is 3. The number of hydrogen-bond acceptors (Lipinski definition) is 7. The highest BCUT2D eigenvalue weighted by Gasteiger charge is 2.28. The van der Waals surface area contributed by atoms with Gasteiger partial charge in [-0.15, -0.1) is 0 Å². The minimum absolute atomic E-state index is 0.0137. The predicted octanol–water partition coefficient (Wildman–Crippen LogP) is 0.968. The van der Waals surface area contributed by atoms with Crippen molar-refractivity contribution in [2.75, 3.05) is 29.9 Å². The van der Waals surface area contributed by atoms with Gasteiger partial charge in [0.1, 0.15) is 5.82 Å². The minimum atomic E-state index is -3.72. The van der Waals surface area contributed by atoms with Crippen LogP contribution in [0.4, 0.5) is 11.8 Å². The summed E-state index contributed by atoms with van der Waals surface area (Å²) >= 11 is 0. The second kappa shape index (κ2) is 7.06. The molecule has 4 rings (SSSR count). The molecular formula is C18H23N5O3S. The van der Waals surface area contributed by atoms with Gasteiger partial charge in [-0.3, -0.25) is 0 Å². The Kier molecular flexibility index (Phi) is 4.75. The van der Waals surface area contributed by atoms with Crippen LogP contribution in [0.5, 0.6) is 0 Å². The first-order valence-corrected chi connectivity index (χ1v) is 10.6. The fourth-order valence-electron chi connectivity index (χ4n) is 3.36. The molecule has 2 aliphatic rings. The monoisotopic (exact) mass is 389 g/mol. The van der Waals surface area contributed by atoms with Crippen LogP contribution in [-0.4, -0.2) is 43.2 Å². The van der Waals surface area contributed by atoms with E-state index in [9.17, 15) is 8.42 Å². The molecule has 2 heterocycles. The van der Waals surface area contributed by atoms with Crippen molar-refractivity contribution in [3.05, 3.63) is 41.1 Å². The predicted molar refractivity (Wildman–Crippen MR) is 102 cm³/mol. The van der Waals surface area contributed by atoms with Gasteiger partial charge in [-0.05, 0) is 42.5 Å². The fourth-order valence-corrected chi connectivity index (χ4v) is 3.92. The van der Waals surface area contributed by atoms with E-state index in [1.54, 1.807) is 12.1 Å². The highest BCUT2D eigenvalue weighted by molar-refractivity contribution is 7.89. The van der Waals surface area contributed by atoms with Crippen molar-refractivity contribution < 1.29 is 13.5 Å². The van der Waals surface area contributed by atoms with Crippen LogP contribution >= 0.6 is 0 Å². The van der Waals surface area contributed by atoms with Crippen LogP contribution in [0.2, 0.25) is 0 Å². The standard InChI is InChI=1S/C18H23N5O3S/c19-27(25,26)15-4-3-12-5-7-23(11-14(12)9-15)17-10-16(13-1-2-13)21-18(22-17)20-6-8-24/h3-4,9-10,13,24H,1-2,5-8,11H2,(H2,19,25,26)(H,20,21,22). The van der Waals surface area contributed by atoms with E-state index in [1.165, 1.54) is 0 Å². The van der Waals surface area contributed by atoms with Crippen molar-refractivity contribution >= 4 is 21.8 Å². The number of aliphatic hydroxyl groups excluding tert-OH is 1. The number of benzene rings is 1. The number of rotatable bonds is 6. The third kappa shape index (κ3) is 4.05. The Hall–Kier alpha value is -2.23. The molecular weight excluding hydrogens is 366 g/mol. The van der Waals surface area contributed by atoms with Gasteiger partial charge in [0.2, 0.25) is 16.0 Å². The van der Waals surface area contributed by atoms with Gasteiger partial charge in [-0.2, -0.15) is 4.98 Å². The smallest absolute Gasteiger partial charge is 0.238 e. The number of aromatic nitrogens is 2. The number of sulfonamides is 1. The molecule has 0 spiro atoms. The lowest BCUT2D eigenvalue weighted by Crippen LogP contribution is -2.31. The molecule has 9 heteroatoms. The molecule has 4 N–H and O–H groups in total. The van der Waals surface area contributed by atoms with E-state index in [1.807, 2.05) is 12.1 Å². The summed E-state index contributed by atoms with van der Waals surface area (Å²) in [5, 5.41) is 17.4. The Morgan fingerprint density at radius 2 is 2.04 bits per heavy atom. The van der Waals surface area contributed by atoms with E-state index in [-0.39, 0.29) is 11.5 Å². The van der Waals surface area contributed by atoms with Gasteiger partial charge in [0.05, 0.1) is 17.2 Å². The zero-order valence-corrected chi connectivity index (χ0v) is 15.7. The van der Waals surface area contributed by atoms with Crippen LogP contribution in [0.15, 0.2) is 29.2 Å². The molecule has 1 aliphatic heterocycles. The SMILES string of the molecule is NS(=O)(=O)c1ccc2c(c1)CN(c1cc(C3CC3)nc(NCCO)n1)CC2. The van der Waals surface area contributed by atoms with E-state index >= 15 is 0 Å². The molecule has 0 radical (unpaired) electrons. The van der Waals surface area contributed by atoms with Crippen LogP contribution in [0.3, 0.4) is 0 Å². The van der Waals surface area contributed by atoms with Gasteiger partial charge < -0.3 is 15.3 Å². The molecule has 1 aromatic heterocycles. The average Bonchev–Trinajstić information content (AvgIpc) is 3.50. The summed E-state index contributed by atoms with van der Waals surface area (Å²) in [6.07, 6.45) is 3.08. The molecule has 1 aliphatic carbocycles. The first-order chi connectivity index (χ1) is 12.9. The largest absolute Gasteiger partial charge is 0.395 e. The molecule has 144 valence electrons. The lowest BCUT2D eigenvalue weighted by Gasteiger charge is -2.30. The van der Waals surface area contributed by atoms with Crippen molar-refractivity contribution in [2.45, 2.75) is 36.6 Å². The van der Waals surface area contributed by atoms with Gasteiger partial charge in [0, 0.05) is 31.6 Å². The molecule has 0 unspecified atom stereocenters. The summed E-state index contributed by atoms with van der Waals surface area (Å²) < 4.78 is 23.3. The van der Waals surface area contributed by atoms with Crippen molar-refractivity contribution in [2.24, 2.45) is 5.14 Å². The maximum absolute atomic E-state index is 11.7. The summed E-state index contributed by atoms with van der Waals surface area (Å²) in [6.45, 7) is 1.77. The zero-order chi connectivity index (χ0) is 19.0. The number of hydrogen-bond donors (Lipinski definition) is 3. The lowest BCUT2D eigenvalue weighted by molar-refractivity contribution is 0.311. The molecule has 1 aromatic carbocycles. The lowest BCUT2D eigenvalue weighted by atomic mass is 10.00. The quantitative estimate of drug-likeness (QED) is 0.673. The van der Waals surface area contributed by atoms with E-state index < -0.39 is 10.0 Å². The first kappa shape index (κ1) is 18.1. The maximum Gasteiger partial charge on any atom is 0.238 e. The maximum atomic E-state index is 11.7. The average molecular weight is 389 g/mol. The summed E-state index contributed by atoms with van der Waals surface area (Å²) in [5.74, 6) is 1.82. The number of fused-ring (bicyclic) bond motifs is 1.